The lowest BCUT2D eigenvalue weighted by Gasteiger charge is -2.11. The third-order valence-electron chi connectivity index (χ3n) is 3.71. The molecule has 2 aromatic carbocycles. The Morgan fingerprint density at radius 1 is 1.20 bits per heavy atom. The molecule has 0 aliphatic heterocycles. The summed E-state index contributed by atoms with van der Waals surface area (Å²) in [6, 6.07) is 13.2. The van der Waals surface area contributed by atoms with Gasteiger partial charge in [0.1, 0.15) is 5.75 Å². The number of methoxy groups -OCH3 is 1. The molecule has 1 N–H and O–H groups in total. The first-order valence-corrected chi connectivity index (χ1v) is 9.77. The van der Waals surface area contributed by atoms with Crippen LogP contribution in [0.3, 0.4) is 0 Å². The molecule has 3 rings (SSSR count). The number of nitrogens with zero attached hydrogens (tertiary/aromatic N) is 1. The number of nitrogens with one attached hydrogen (secondary N) is 1. The van der Waals surface area contributed by atoms with Gasteiger partial charge in [-0.15, -0.1) is 23.1 Å². The van der Waals surface area contributed by atoms with Crippen LogP contribution in [0, 0.1) is 6.92 Å². The van der Waals surface area contributed by atoms with Crippen molar-refractivity contribution >= 4 is 34.7 Å². The summed E-state index contributed by atoms with van der Waals surface area (Å²) in [4.78, 5) is 18.1. The monoisotopic (exact) mass is 370 g/mol. The topological polar surface area (TPSA) is 51.2 Å². The first kappa shape index (κ1) is 17.5. The van der Waals surface area contributed by atoms with E-state index in [0.29, 0.717) is 11.3 Å². The van der Waals surface area contributed by atoms with E-state index in [-0.39, 0.29) is 5.91 Å². The summed E-state index contributed by atoms with van der Waals surface area (Å²) in [5.41, 5.74) is 3.23. The van der Waals surface area contributed by atoms with Crippen molar-refractivity contribution in [1.82, 2.24) is 4.98 Å². The molecule has 0 bridgehead atoms. The predicted octanol–water partition coefficient (Wildman–Crippen LogP) is 5.10. The van der Waals surface area contributed by atoms with E-state index in [1.165, 1.54) is 0 Å². The molecule has 3 aromatic rings. The van der Waals surface area contributed by atoms with Crippen molar-refractivity contribution in [2.75, 3.05) is 18.7 Å². The third-order valence-corrected chi connectivity index (χ3v) is 5.21. The molecular weight excluding hydrogens is 352 g/mol. The lowest BCUT2D eigenvalue weighted by Crippen LogP contribution is -2.13. The van der Waals surface area contributed by atoms with Gasteiger partial charge in [0.2, 0.25) is 0 Å². The number of aromatic nitrogens is 1. The van der Waals surface area contributed by atoms with Crippen molar-refractivity contribution in [3.8, 4) is 17.0 Å². The first-order valence-electron chi connectivity index (χ1n) is 7.66. The fourth-order valence-electron chi connectivity index (χ4n) is 2.40. The number of rotatable bonds is 5. The highest BCUT2D eigenvalue weighted by atomic mass is 32.2. The van der Waals surface area contributed by atoms with Crippen LogP contribution < -0.4 is 10.1 Å². The highest BCUT2D eigenvalue weighted by Gasteiger charge is 2.13. The number of hydrogen-bond acceptors (Lipinski definition) is 5. The quantitative estimate of drug-likeness (QED) is 0.635. The maximum absolute atomic E-state index is 12.5. The van der Waals surface area contributed by atoms with Crippen LogP contribution >= 0.6 is 23.1 Å². The van der Waals surface area contributed by atoms with Gasteiger partial charge in [-0.25, -0.2) is 4.98 Å². The highest BCUT2D eigenvalue weighted by molar-refractivity contribution is 7.98. The Bertz CT molecular complexity index is 889. The minimum absolute atomic E-state index is 0.193. The van der Waals surface area contributed by atoms with Gasteiger partial charge in [0, 0.05) is 21.5 Å². The largest absolute Gasteiger partial charge is 0.496 e. The zero-order valence-electron chi connectivity index (χ0n) is 14.2. The molecule has 0 aliphatic carbocycles. The minimum Gasteiger partial charge on any atom is -0.496 e. The molecule has 6 heteroatoms. The summed E-state index contributed by atoms with van der Waals surface area (Å²) >= 11 is 3.23. The molecule has 0 saturated carbocycles. The molecule has 1 aromatic heterocycles. The summed E-state index contributed by atoms with van der Waals surface area (Å²) < 4.78 is 5.34. The normalized spacial score (nSPS) is 10.5. The molecule has 0 fully saturated rings. The van der Waals surface area contributed by atoms with Crippen LogP contribution in [-0.2, 0) is 0 Å². The van der Waals surface area contributed by atoms with Gasteiger partial charge in [-0.3, -0.25) is 4.79 Å². The Balaban J connectivity index is 1.77. The summed E-state index contributed by atoms with van der Waals surface area (Å²) in [6.07, 6.45) is 1.99. The van der Waals surface area contributed by atoms with E-state index >= 15 is 0 Å². The average Bonchev–Trinajstić information content (AvgIpc) is 3.08. The second-order valence-electron chi connectivity index (χ2n) is 5.35. The molecule has 0 spiro atoms. The highest BCUT2D eigenvalue weighted by Crippen LogP contribution is 2.27. The predicted molar refractivity (Wildman–Crippen MR) is 105 cm³/mol. The van der Waals surface area contributed by atoms with Gasteiger partial charge in [-0.2, -0.15) is 0 Å². The summed E-state index contributed by atoms with van der Waals surface area (Å²) in [6.45, 7) is 1.98. The van der Waals surface area contributed by atoms with Gasteiger partial charge >= 0.3 is 0 Å². The molecule has 0 unspecified atom stereocenters. The number of carbonyl (C=O) groups excluding carboxylic acids is 1. The Labute approximate surface area is 155 Å². The molecule has 4 nitrogen and oxygen atoms in total. The second-order valence-corrected chi connectivity index (χ2v) is 7.29. The Morgan fingerprint density at radius 2 is 1.96 bits per heavy atom. The first-order chi connectivity index (χ1) is 12.1. The molecular formula is C19H18N2O2S2. The van der Waals surface area contributed by atoms with Crippen molar-refractivity contribution in [3.05, 3.63) is 58.4 Å². The maximum atomic E-state index is 12.5. The van der Waals surface area contributed by atoms with Gasteiger partial charge in [-0.1, -0.05) is 12.1 Å². The van der Waals surface area contributed by atoms with Crippen LogP contribution in [0.1, 0.15) is 15.4 Å². The molecule has 1 amide bonds. The fourth-order valence-corrected chi connectivity index (χ4v) is 3.46. The Morgan fingerprint density at radius 3 is 2.56 bits per heavy atom. The van der Waals surface area contributed by atoms with E-state index in [9.17, 15) is 4.79 Å². The molecule has 0 saturated heterocycles. The number of thioether (sulfide) groups is 1. The summed E-state index contributed by atoms with van der Waals surface area (Å²) in [5.74, 6) is 0.376. The van der Waals surface area contributed by atoms with E-state index in [2.05, 4.69) is 10.3 Å². The van der Waals surface area contributed by atoms with E-state index in [0.717, 1.165) is 26.8 Å². The summed E-state index contributed by atoms with van der Waals surface area (Å²) in [7, 11) is 1.57. The standard InChI is InChI=1S/C19H18N2O2S2/c1-12-20-17(11-25-12)13-4-6-14(7-5-13)21-19(22)16-9-8-15(24-3)10-18(16)23-2/h4-11H,1-3H3,(H,21,22). The van der Waals surface area contributed by atoms with Gasteiger partial charge in [-0.05, 0) is 43.5 Å². The molecule has 0 atom stereocenters. The van der Waals surface area contributed by atoms with Crippen molar-refractivity contribution < 1.29 is 9.53 Å². The van der Waals surface area contributed by atoms with Gasteiger partial charge in [0.05, 0.1) is 23.4 Å². The maximum Gasteiger partial charge on any atom is 0.259 e. The number of amides is 1. The van der Waals surface area contributed by atoms with Crippen molar-refractivity contribution in [1.29, 1.82) is 0 Å². The lowest BCUT2D eigenvalue weighted by atomic mass is 10.1. The third kappa shape index (κ3) is 4.03. The van der Waals surface area contributed by atoms with Crippen molar-refractivity contribution in [3.63, 3.8) is 0 Å². The second kappa shape index (κ2) is 7.72. The Hall–Kier alpha value is -2.31. The van der Waals surface area contributed by atoms with E-state index < -0.39 is 0 Å². The smallest absolute Gasteiger partial charge is 0.259 e. The molecule has 0 aliphatic rings. The Kier molecular flexibility index (Phi) is 5.40. The average molecular weight is 370 g/mol. The summed E-state index contributed by atoms with van der Waals surface area (Å²) in [5, 5.41) is 5.97. The van der Waals surface area contributed by atoms with Crippen LogP contribution in [0.25, 0.3) is 11.3 Å². The lowest BCUT2D eigenvalue weighted by molar-refractivity contribution is 0.102. The molecule has 1 heterocycles. The van der Waals surface area contributed by atoms with Crippen LogP contribution in [0.2, 0.25) is 0 Å². The number of thiazole rings is 1. The molecule has 25 heavy (non-hydrogen) atoms. The van der Waals surface area contributed by atoms with Crippen LogP contribution in [0.15, 0.2) is 52.7 Å². The van der Waals surface area contributed by atoms with E-state index in [4.69, 9.17) is 4.74 Å². The zero-order chi connectivity index (χ0) is 17.8. The van der Waals surface area contributed by atoms with Gasteiger partial charge in [0.15, 0.2) is 0 Å². The molecule has 0 radical (unpaired) electrons. The number of hydrogen-bond donors (Lipinski definition) is 1. The van der Waals surface area contributed by atoms with E-state index in [1.54, 1.807) is 36.3 Å². The zero-order valence-corrected chi connectivity index (χ0v) is 15.8. The number of carbonyl (C=O) groups is 1. The number of aryl methyl sites for hydroxylation is 1. The van der Waals surface area contributed by atoms with Crippen LogP contribution in [0.4, 0.5) is 5.69 Å². The SMILES string of the molecule is COc1cc(SC)ccc1C(=O)Nc1ccc(-c2csc(C)n2)cc1. The fraction of sp³-hybridized carbons (Fsp3) is 0.158. The minimum atomic E-state index is -0.193. The van der Waals surface area contributed by atoms with Crippen LogP contribution in [0.5, 0.6) is 5.75 Å². The number of benzene rings is 2. The van der Waals surface area contributed by atoms with E-state index in [1.807, 2.05) is 55.0 Å². The number of anilines is 1. The molecule has 128 valence electrons. The van der Waals surface area contributed by atoms with Gasteiger partial charge < -0.3 is 10.1 Å². The van der Waals surface area contributed by atoms with Crippen LogP contribution in [-0.4, -0.2) is 24.3 Å². The van der Waals surface area contributed by atoms with Crippen molar-refractivity contribution in [2.45, 2.75) is 11.8 Å². The van der Waals surface area contributed by atoms with Crippen molar-refractivity contribution in [2.24, 2.45) is 0 Å². The van der Waals surface area contributed by atoms with Gasteiger partial charge in [0.25, 0.3) is 5.91 Å². The number of ether oxygens (including phenoxy) is 1.